The molecule has 0 saturated carbocycles. The number of rotatable bonds is 5. The Morgan fingerprint density at radius 2 is 1.34 bits per heavy atom. The van der Waals surface area contributed by atoms with Crippen LogP contribution >= 0.6 is 0 Å². The molecular weight excluding hydrogens is 474 g/mol. The molecular formula is C25H36F6N2O2. The van der Waals surface area contributed by atoms with Crippen LogP contribution in [0.5, 0.6) is 0 Å². The number of benzene rings is 1. The third-order valence-electron chi connectivity index (χ3n) is 6.15. The molecule has 10 heteroatoms. The molecule has 0 radical (unpaired) electrons. The predicted octanol–water partition coefficient (Wildman–Crippen LogP) is 7.26. The first-order valence-corrected chi connectivity index (χ1v) is 11.8. The second-order valence-electron chi connectivity index (χ2n) is 11.0. The quantitative estimate of drug-likeness (QED) is 0.424. The molecule has 1 fully saturated rings. The second-order valence-corrected chi connectivity index (χ2v) is 11.0. The second kappa shape index (κ2) is 10.6. The van der Waals surface area contributed by atoms with Crippen LogP contribution in [0.2, 0.25) is 0 Å². The molecule has 4 nitrogen and oxygen atoms in total. The van der Waals surface area contributed by atoms with E-state index in [2.05, 4.69) is 5.32 Å². The Labute approximate surface area is 203 Å². The summed E-state index contributed by atoms with van der Waals surface area (Å²) in [6.07, 6.45) is -9.18. The molecule has 1 N–H and O–H groups in total. The van der Waals surface area contributed by atoms with Crippen LogP contribution in [-0.4, -0.2) is 34.7 Å². The summed E-state index contributed by atoms with van der Waals surface area (Å²) < 4.78 is 84.9. The number of ether oxygens (including phenoxy) is 1. The monoisotopic (exact) mass is 510 g/mol. The maximum Gasteiger partial charge on any atom is 0.416 e. The largest absolute Gasteiger partial charge is 0.444 e. The number of piperidine rings is 1. The molecule has 0 bridgehead atoms. The van der Waals surface area contributed by atoms with Crippen LogP contribution in [0.4, 0.5) is 31.1 Å². The molecule has 200 valence electrons. The van der Waals surface area contributed by atoms with Crippen LogP contribution in [-0.2, 0) is 23.6 Å². The Bertz CT molecular complexity index is 824. The molecule has 0 aromatic heterocycles. The average Bonchev–Trinajstić information content (AvgIpc) is 2.68. The number of hydrogen-bond acceptors (Lipinski definition) is 3. The van der Waals surface area contributed by atoms with Crippen molar-refractivity contribution in [2.24, 2.45) is 11.8 Å². The van der Waals surface area contributed by atoms with Crippen LogP contribution < -0.4 is 5.32 Å². The number of carbonyl (C=O) groups is 1. The van der Waals surface area contributed by atoms with Gasteiger partial charge in [-0.15, -0.1) is 0 Å². The fourth-order valence-corrected chi connectivity index (χ4v) is 4.47. The van der Waals surface area contributed by atoms with Crippen molar-refractivity contribution in [3.8, 4) is 0 Å². The van der Waals surface area contributed by atoms with E-state index in [9.17, 15) is 31.1 Å². The summed E-state index contributed by atoms with van der Waals surface area (Å²) in [7, 11) is 0. The number of hydrogen-bond donors (Lipinski definition) is 1. The summed E-state index contributed by atoms with van der Waals surface area (Å²) in [6.45, 7) is 13.1. The van der Waals surface area contributed by atoms with Gasteiger partial charge in [-0.3, -0.25) is 0 Å². The lowest BCUT2D eigenvalue weighted by atomic mass is 9.82. The van der Waals surface area contributed by atoms with Crippen molar-refractivity contribution in [1.82, 2.24) is 10.2 Å². The Kier molecular flexibility index (Phi) is 8.83. The highest BCUT2D eigenvalue weighted by atomic mass is 19.4. The molecule has 35 heavy (non-hydrogen) atoms. The Morgan fingerprint density at radius 1 is 0.914 bits per heavy atom. The highest BCUT2D eigenvalue weighted by molar-refractivity contribution is 5.69. The van der Waals surface area contributed by atoms with Crippen molar-refractivity contribution < 1.29 is 35.9 Å². The molecule has 1 aliphatic rings. The van der Waals surface area contributed by atoms with Gasteiger partial charge in [-0.1, -0.05) is 27.7 Å². The van der Waals surface area contributed by atoms with Gasteiger partial charge in [-0.2, -0.15) is 26.3 Å². The summed E-state index contributed by atoms with van der Waals surface area (Å²) in [5.41, 5.74) is -3.42. The van der Waals surface area contributed by atoms with E-state index in [0.717, 1.165) is 12.1 Å². The number of nitrogens with one attached hydrogen (secondary N) is 1. The minimum atomic E-state index is -4.89. The molecule has 0 aliphatic carbocycles. The van der Waals surface area contributed by atoms with E-state index < -0.39 is 35.2 Å². The summed E-state index contributed by atoms with van der Waals surface area (Å²) in [4.78, 5) is 14.8. The molecule has 1 heterocycles. The standard InChI is InChI=1S/C25H36F6N2O2/c1-14(2)20-11-19(12-21(15(3)4)33(20)22(34)35-23(5,6)7)32-13-16-8-17(24(26,27)28)10-18(9-16)25(29,30)31/h8-10,14-15,19-21,32H,11-13H2,1-7H3/t20-,21-/m0/s1. The first-order chi connectivity index (χ1) is 15.8. The van der Waals surface area contributed by atoms with Crippen molar-refractivity contribution in [1.29, 1.82) is 0 Å². The van der Waals surface area contributed by atoms with Gasteiger partial charge in [0.2, 0.25) is 0 Å². The van der Waals surface area contributed by atoms with Crippen LogP contribution in [0.1, 0.15) is 78.0 Å². The fourth-order valence-electron chi connectivity index (χ4n) is 4.47. The molecule has 1 aromatic carbocycles. The van der Waals surface area contributed by atoms with Crippen LogP contribution in [0, 0.1) is 11.8 Å². The van der Waals surface area contributed by atoms with Crippen LogP contribution in [0.3, 0.4) is 0 Å². The number of nitrogens with zero attached hydrogens (tertiary/aromatic N) is 1. The molecule has 1 amide bonds. The van der Waals surface area contributed by atoms with Crippen molar-refractivity contribution in [3.05, 3.63) is 34.9 Å². The summed E-state index contributed by atoms with van der Waals surface area (Å²) >= 11 is 0. The SMILES string of the molecule is CC(C)[C@@H]1CC(NCc2cc(C(F)(F)F)cc(C(F)(F)F)c2)C[C@@H](C(C)C)N1C(=O)OC(C)(C)C. The average molecular weight is 511 g/mol. The number of carbonyl (C=O) groups excluding carboxylic acids is 1. The smallest absolute Gasteiger partial charge is 0.416 e. The van der Waals surface area contributed by atoms with E-state index in [0.29, 0.717) is 12.8 Å². The Morgan fingerprint density at radius 3 is 1.69 bits per heavy atom. The van der Waals surface area contributed by atoms with Crippen LogP contribution in [0.25, 0.3) is 0 Å². The minimum Gasteiger partial charge on any atom is -0.444 e. The Balaban J connectivity index is 2.28. The Hall–Kier alpha value is -1.97. The van der Waals surface area contributed by atoms with E-state index in [1.165, 1.54) is 0 Å². The molecule has 0 spiro atoms. The zero-order chi connectivity index (χ0) is 26.9. The van der Waals surface area contributed by atoms with Gasteiger partial charge in [-0.25, -0.2) is 4.79 Å². The van der Waals surface area contributed by atoms with Crippen molar-refractivity contribution in [2.75, 3.05) is 0 Å². The zero-order valence-electron chi connectivity index (χ0n) is 21.3. The number of amides is 1. The van der Waals surface area contributed by atoms with Crippen LogP contribution in [0.15, 0.2) is 18.2 Å². The van der Waals surface area contributed by atoms with Gasteiger partial charge in [0.05, 0.1) is 11.1 Å². The number of alkyl halides is 6. The summed E-state index contributed by atoms with van der Waals surface area (Å²) in [5, 5.41) is 3.16. The van der Waals surface area contributed by atoms with E-state index in [-0.39, 0.29) is 48.1 Å². The molecule has 2 rings (SSSR count). The summed E-state index contributed by atoms with van der Waals surface area (Å²) in [5.74, 6) is 0.137. The number of likely N-dealkylation sites (tertiary alicyclic amines) is 1. The van der Waals surface area contributed by atoms with Gasteiger partial charge in [0.25, 0.3) is 0 Å². The van der Waals surface area contributed by atoms with Gasteiger partial charge in [0.1, 0.15) is 5.60 Å². The van der Waals surface area contributed by atoms with E-state index in [4.69, 9.17) is 4.74 Å². The highest BCUT2D eigenvalue weighted by Crippen LogP contribution is 2.37. The lowest BCUT2D eigenvalue weighted by molar-refractivity contribution is -0.143. The lowest BCUT2D eigenvalue weighted by Gasteiger charge is -2.48. The van der Waals surface area contributed by atoms with Crippen molar-refractivity contribution in [2.45, 2.75) is 104 Å². The molecule has 2 atom stereocenters. The highest BCUT2D eigenvalue weighted by Gasteiger charge is 2.43. The molecule has 1 saturated heterocycles. The van der Waals surface area contributed by atoms with Gasteiger partial charge < -0.3 is 15.0 Å². The van der Waals surface area contributed by atoms with E-state index in [1.807, 2.05) is 27.7 Å². The fraction of sp³-hybridized carbons (Fsp3) is 0.720. The third-order valence-corrected chi connectivity index (χ3v) is 6.15. The van der Waals surface area contributed by atoms with E-state index in [1.54, 1.807) is 25.7 Å². The van der Waals surface area contributed by atoms with Gasteiger partial charge in [0, 0.05) is 24.7 Å². The first-order valence-electron chi connectivity index (χ1n) is 11.8. The molecule has 1 aliphatic heterocycles. The van der Waals surface area contributed by atoms with Gasteiger partial charge in [0.15, 0.2) is 0 Å². The zero-order valence-corrected chi connectivity index (χ0v) is 21.3. The maximum atomic E-state index is 13.2. The topological polar surface area (TPSA) is 41.6 Å². The predicted molar refractivity (Wildman–Crippen MR) is 122 cm³/mol. The van der Waals surface area contributed by atoms with Crippen molar-refractivity contribution >= 4 is 6.09 Å². The minimum absolute atomic E-state index is 0.0683. The molecule has 0 unspecified atom stereocenters. The van der Waals surface area contributed by atoms with Gasteiger partial charge in [-0.05, 0) is 69.2 Å². The summed E-state index contributed by atoms with van der Waals surface area (Å²) in [6, 6.07) is 1.03. The normalized spacial score (nSPS) is 22.1. The van der Waals surface area contributed by atoms with E-state index >= 15 is 0 Å². The number of halogens is 6. The lowest BCUT2D eigenvalue weighted by Crippen LogP contribution is -2.60. The molecule has 1 aromatic rings. The van der Waals surface area contributed by atoms with Crippen molar-refractivity contribution in [3.63, 3.8) is 0 Å². The van der Waals surface area contributed by atoms with Gasteiger partial charge >= 0.3 is 18.4 Å². The third kappa shape index (κ3) is 8.02. The first kappa shape index (κ1) is 29.3. The maximum absolute atomic E-state index is 13.2.